The van der Waals surface area contributed by atoms with E-state index in [0.717, 1.165) is 16.2 Å². The zero-order valence-electron chi connectivity index (χ0n) is 10.9. The van der Waals surface area contributed by atoms with Crippen LogP contribution in [0.3, 0.4) is 0 Å². The van der Waals surface area contributed by atoms with Gasteiger partial charge >= 0.3 is 5.97 Å². The lowest BCUT2D eigenvalue weighted by Gasteiger charge is -2.20. The molecule has 0 spiro atoms. The van der Waals surface area contributed by atoms with E-state index in [1.54, 1.807) is 25.6 Å². The van der Waals surface area contributed by atoms with Crippen molar-refractivity contribution in [3.8, 4) is 0 Å². The largest absolute Gasteiger partial charge is 0.481 e. The molecule has 3 unspecified atom stereocenters. The van der Waals surface area contributed by atoms with Crippen LogP contribution in [0.5, 0.6) is 0 Å². The summed E-state index contributed by atoms with van der Waals surface area (Å²) >= 11 is 1.67. The number of aliphatic carboxylic acids is 1. The van der Waals surface area contributed by atoms with Crippen LogP contribution < -0.4 is 5.32 Å². The minimum absolute atomic E-state index is 0.0851. The molecule has 5 heteroatoms. The molecule has 0 aromatic heterocycles. The number of nitrogens with one attached hydrogen (secondary N) is 1. The molecule has 2 rings (SSSR count). The predicted octanol–water partition coefficient (Wildman–Crippen LogP) is 2.10. The predicted molar refractivity (Wildman–Crippen MR) is 74.3 cm³/mol. The first-order valence-corrected chi connectivity index (χ1v) is 7.24. The molecule has 19 heavy (non-hydrogen) atoms. The Morgan fingerprint density at radius 1 is 1.37 bits per heavy atom. The van der Waals surface area contributed by atoms with E-state index >= 15 is 0 Å². The van der Waals surface area contributed by atoms with E-state index < -0.39 is 11.9 Å². The molecule has 1 aliphatic rings. The summed E-state index contributed by atoms with van der Waals surface area (Å²) in [5, 5.41) is 11.7. The average Bonchev–Trinajstić information content (AvgIpc) is 2.81. The average molecular weight is 279 g/mol. The molecular formula is C14H17NO3S. The molecule has 0 bridgehead atoms. The second-order valence-corrected chi connectivity index (χ2v) is 5.89. The third-order valence-corrected chi connectivity index (χ3v) is 4.71. The van der Waals surface area contributed by atoms with Gasteiger partial charge in [-0.15, -0.1) is 11.8 Å². The fourth-order valence-corrected chi connectivity index (χ4v) is 3.27. The van der Waals surface area contributed by atoms with Crippen LogP contribution in [-0.2, 0) is 9.59 Å². The van der Waals surface area contributed by atoms with Crippen LogP contribution in [0.1, 0.15) is 25.3 Å². The number of amides is 1. The maximum Gasteiger partial charge on any atom is 0.308 e. The molecule has 4 nitrogen and oxygen atoms in total. The zero-order chi connectivity index (χ0) is 14.0. The van der Waals surface area contributed by atoms with Gasteiger partial charge in [0, 0.05) is 16.7 Å². The van der Waals surface area contributed by atoms with Gasteiger partial charge < -0.3 is 10.4 Å². The van der Waals surface area contributed by atoms with E-state index in [0.29, 0.717) is 0 Å². The van der Waals surface area contributed by atoms with Gasteiger partial charge in [0.25, 0.3) is 0 Å². The van der Waals surface area contributed by atoms with Gasteiger partial charge in [0.2, 0.25) is 5.91 Å². The van der Waals surface area contributed by atoms with Crippen LogP contribution >= 0.6 is 11.8 Å². The molecule has 1 heterocycles. The number of carbonyl (C=O) groups excluding carboxylic acids is 1. The van der Waals surface area contributed by atoms with Crippen LogP contribution in [0.4, 0.5) is 0 Å². The van der Waals surface area contributed by atoms with Crippen molar-refractivity contribution in [1.29, 1.82) is 0 Å². The van der Waals surface area contributed by atoms with E-state index in [-0.39, 0.29) is 17.9 Å². The standard InChI is InChI=1S/C14H17NO3S/c1-8(14(17)18)9(2)15-13(16)11-7-19-12-6-4-3-5-10(11)12/h3-6,8-9,11H,7H2,1-2H3,(H,15,16)(H,17,18). The summed E-state index contributed by atoms with van der Waals surface area (Å²) in [6, 6.07) is 7.49. The topological polar surface area (TPSA) is 66.4 Å². The highest BCUT2D eigenvalue weighted by Crippen LogP contribution is 2.39. The number of hydrogen-bond donors (Lipinski definition) is 2. The Kier molecular flexibility index (Phi) is 4.14. The van der Waals surface area contributed by atoms with Crippen molar-refractivity contribution >= 4 is 23.6 Å². The van der Waals surface area contributed by atoms with Crippen molar-refractivity contribution in [3.63, 3.8) is 0 Å². The molecule has 1 aliphatic heterocycles. The SMILES string of the molecule is CC(NC(=O)C1CSc2ccccc21)C(C)C(=O)O. The second-order valence-electron chi connectivity index (χ2n) is 4.83. The number of carbonyl (C=O) groups is 2. The Bertz CT molecular complexity index is 503. The normalized spacial score (nSPS) is 20.4. The maximum absolute atomic E-state index is 12.2. The van der Waals surface area contributed by atoms with E-state index in [1.807, 2.05) is 24.3 Å². The Labute approximate surface area is 116 Å². The van der Waals surface area contributed by atoms with Crippen LogP contribution in [0.2, 0.25) is 0 Å². The quantitative estimate of drug-likeness (QED) is 0.886. The molecule has 0 radical (unpaired) electrons. The van der Waals surface area contributed by atoms with E-state index in [1.165, 1.54) is 0 Å². The van der Waals surface area contributed by atoms with Crippen molar-refractivity contribution in [2.75, 3.05) is 5.75 Å². The molecule has 1 amide bonds. The Hall–Kier alpha value is -1.49. The van der Waals surface area contributed by atoms with Gasteiger partial charge in [-0.3, -0.25) is 9.59 Å². The second kappa shape index (κ2) is 5.65. The van der Waals surface area contributed by atoms with E-state index in [2.05, 4.69) is 5.32 Å². The van der Waals surface area contributed by atoms with E-state index in [9.17, 15) is 9.59 Å². The number of carboxylic acids is 1. The van der Waals surface area contributed by atoms with Gasteiger partial charge in [-0.05, 0) is 25.5 Å². The molecule has 0 fully saturated rings. The monoisotopic (exact) mass is 279 g/mol. The fraction of sp³-hybridized carbons (Fsp3) is 0.429. The van der Waals surface area contributed by atoms with Crippen molar-refractivity contribution in [2.24, 2.45) is 5.92 Å². The van der Waals surface area contributed by atoms with Gasteiger partial charge in [-0.2, -0.15) is 0 Å². The van der Waals surface area contributed by atoms with Crippen LogP contribution in [0, 0.1) is 5.92 Å². The van der Waals surface area contributed by atoms with Gasteiger partial charge in [0.15, 0.2) is 0 Å². The molecule has 1 aromatic carbocycles. The highest BCUT2D eigenvalue weighted by atomic mass is 32.2. The Balaban J connectivity index is 2.04. The first-order valence-electron chi connectivity index (χ1n) is 6.25. The summed E-state index contributed by atoms with van der Waals surface area (Å²) in [4.78, 5) is 24.3. The third-order valence-electron chi connectivity index (χ3n) is 3.53. The molecule has 2 N–H and O–H groups in total. The summed E-state index contributed by atoms with van der Waals surface area (Å²) in [6.07, 6.45) is 0. The summed E-state index contributed by atoms with van der Waals surface area (Å²) in [7, 11) is 0. The molecule has 1 aromatic rings. The van der Waals surface area contributed by atoms with E-state index in [4.69, 9.17) is 5.11 Å². The van der Waals surface area contributed by atoms with Gasteiger partial charge in [0.05, 0.1) is 11.8 Å². The Morgan fingerprint density at radius 2 is 2.05 bits per heavy atom. The molecule has 0 saturated carbocycles. The Morgan fingerprint density at radius 3 is 2.74 bits per heavy atom. The third kappa shape index (κ3) is 2.92. The summed E-state index contributed by atoms with van der Waals surface area (Å²) in [5.41, 5.74) is 1.04. The highest BCUT2D eigenvalue weighted by molar-refractivity contribution is 7.99. The summed E-state index contributed by atoms with van der Waals surface area (Å²) < 4.78 is 0. The first kappa shape index (κ1) is 13.9. The van der Waals surface area contributed by atoms with Crippen molar-refractivity contribution in [2.45, 2.75) is 30.7 Å². The maximum atomic E-state index is 12.2. The lowest BCUT2D eigenvalue weighted by molar-refractivity contribution is -0.142. The fourth-order valence-electron chi connectivity index (χ4n) is 2.04. The number of benzene rings is 1. The van der Waals surface area contributed by atoms with Gasteiger partial charge in [-0.25, -0.2) is 0 Å². The van der Waals surface area contributed by atoms with Crippen LogP contribution in [-0.4, -0.2) is 28.8 Å². The molecule has 0 saturated heterocycles. The van der Waals surface area contributed by atoms with Crippen LogP contribution in [0.25, 0.3) is 0 Å². The molecule has 3 atom stereocenters. The number of thioether (sulfide) groups is 1. The van der Waals surface area contributed by atoms with Gasteiger partial charge in [0.1, 0.15) is 0 Å². The van der Waals surface area contributed by atoms with Crippen molar-refractivity contribution in [1.82, 2.24) is 5.32 Å². The lowest BCUT2D eigenvalue weighted by Crippen LogP contribution is -2.42. The zero-order valence-corrected chi connectivity index (χ0v) is 11.7. The highest BCUT2D eigenvalue weighted by Gasteiger charge is 2.31. The molecule has 102 valence electrons. The van der Waals surface area contributed by atoms with Crippen molar-refractivity contribution < 1.29 is 14.7 Å². The van der Waals surface area contributed by atoms with Crippen molar-refractivity contribution in [3.05, 3.63) is 29.8 Å². The lowest BCUT2D eigenvalue weighted by atomic mass is 9.98. The summed E-state index contributed by atoms with van der Waals surface area (Å²) in [5.74, 6) is -1.02. The first-order chi connectivity index (χ1) is 9.00. The molecular weight excluding hydrogens is 262 g/mol. The number of carboxylic acid groups (broad SMARTS) is 1. The summed E-state index contributed by atoms with van der Waals surface area (Å²) in [6.45, 7) is 3.33. The number of hydrogen-bond acceptors (Lipinski definition) is 3. The minimum Gasteiger partial charge on any atom is -0.481 e. The number of rotatable bonds is 4. The smallest absolute Gasteiger partial charge is 0.308 e. The minimum atomic E-state index is -0.894. The van der Waals surface area contributed by atoms with Gasteiger partial charge in [-0.1, -0.05) is 18.2 Å². The molecule has 0 aliphatic carbocycles. The van der Waals surface area contributed by atoms with Crippen LogP contribution in [0.15, 0.2) is 29.2 Å². The number of fused-ring (bicyclic) bond motifs is 1.